The topological polar surface area (TPSA) is 67.2 Å². The van der Waals surface area contributed by atoms with E-state index in [1.165, 1.54) is 10.6 Å². The number of nitrogens with one attached hydrogen (secondary N) is 1. The van der Waals surface area contributed by atoms with Crippen molar-refractivity contribution in [3.63, 3.8) is 0 Å². The molecule has 0 amide bonds. The second kappa shape index (κ2) is 6.49. The van der Waals surface area contributed by atoms with Gasteiger partial charge in [-0.15, -0.1) is 0 Å². The van der Waals surface area contributed by atoms with E-state index < -0.39 is 10.0 Å². The third kappa shape index (κ3) is 5.30. The van der Waals surface area contributed by atoms with Gasteiger partial charge < -0.3 is 5.32 Å². The van der Waals surface area contributed by atoms with Gasteiger partial charge in [-0.05, 0) is 26.8 Å². The van der Waals surface area contributed by atoms with Crippen LogP contribution in [0.5, 0.6) is 0 Å². The summed E-state index contributed by atoms with van der Waals surface area (Å²) in [5.74, 6) is 0. The van der Waals surface area contributed by atoms with Crippen LogP contribution in [0.4, 0.5) is 0 Å². The Balaban J connectivity index is 2.36. The first-order chi connectivity index (χ1) is 8.70. The Kier molecular flexibility index (Phi) is 5.51. The molecule has 6 nitrogen and oxygen atoms in total. The van der Waals surface area contributed by atoms with Gasteiger partial charge in [0.15, 0.2) is 0 Å². The first-order valence-corrected chi connectivity index (χ1v) is 8.20. The van der Waals surface area contributed by atoms with Gasteiger partial charge in [0.2, 0.25) is 10.0 Å². The van der Waals surface area contributed by atoms with Crippen molar-refractivity contribution in [3.8, 4) is 0 Å². The van der Waals surface area contributed by atoms with Crippen molar-refractivity contribution in [1.82, 2.24) is 19.4 Å². The molecule has 0 radical (unpaired) electrons. The molecule has 0 aliphatic rings. The van der Waals surface area contributed by atoms with E-state index >= 15 is 0 Å². The lowest BCUT2D eigenvalue weighted by Gasteiger charge is -2.18. The fourth-order valence-corrected chi connectivity index (χ4v) is 2.24. The molecule has 1 rings (SSSR count). The molecule has 0 aliphatic heterocycles. The second-order valence-corrected chi connectivity index (χ2v) is 7.14. The maximum Gasteiger partial charge on any atom is 0.210 e. The molecule has 1 aromatic rings. The van der Waals surface area contributed by atoms with Gasteiger partial charge in [-0.25, -0.2) is 12.7 Å². The number of aryl methyl sites for hydroxylation is 2. The van der Waals surface area contributed by atoms with Gasteiger partial charge in [-0.1, -0.05) is 0 Å². The van der Waals surface area contributed by atoms with E-state index in [0.717, 1.165) is 17.9 Å². The Hall–Kier alpha value is -0.920. The Bertz CT molecular complexity index is 510. The van der Waals surface area contributed by atoms with Crippen LogP contribution in [-0.4, -0.2) is 54.9 Å². The lowest BCUT2D eigenvalue weighted by atomic mass is 10.3. The number of hydrogen-bond donors (Lipinski definition) is 1. The molecule has 1 N–H and O–H groups in total. The minimum Gasteiger partial charge on any atom is -0.311 e. The van der Waals surface area contributed by atoms with Crippen LogP contribution in [0.15, 0.2) is 6.07 Å². The van der Waals surface area contributed by atoms with Crippen LogP contribution in [0, 0.1) is 13.8 Å². The zero-order chi connectivity index (χ0) is 14.6. The summed E-state index contributed by atoms with van der Waals surface area (Å²) in [5.41, 5.74) is 2.15. The molecular formula is C12H24N4O2S. The van der Waals surface area contributed by atoms with E-state index in [2.05, 4.69) is 17.3 Å². The summed E-state index contributed by atoms with van der Waals surface area (Å²) in [6.07, 6.45) is 1.21. The van der Waals surface area contributed by atoms with Gasteiger partial charge in [0.25, 0.3) is 0 Å². The molecule has 1 atom stereocenters. The van der Waals surface area contributed by atoms with E-state index in [4.69, 9.17) is 0 Å². The molecule has 19 heavy (non-hydrogen) atoms. The standard InChI is InChI=1S/C12H24N4O2S/c1-10-8-12(3)16(14-10)9-11(2)13-6-7-15(4)19(5,17)18/h8,11,13H,6-7,9H2,1-5H3/t11-/m1/s1. The fraction of sp³-hybridized carbons (Fsp3) is 0.750. The number of hydrogen-bond acceptors (Lipinski definition) is 4. The Morgan fingerprint density at radius 2 is 2.11 bits per heavy atom. The number of sulfonamides is 1. The van der Waals surface area contributed by atoms with Crippen LogP contribution in [0.25, 0.3) is 0 Å². The molecule has 0 saturated carbocycles. The lowest BCUT2D eigenvalue weighted by molar-refractivity contribution is 0.411. The van der Waals surface area contributed by atoms with Gasteiger partial charge in [-0.2, -0.15) is 5.10 Å². The summed E-state index contributed by atoms with van der Waals surface area (Å²) in [4.78, 5) is 0. The summed E-state index contributed by atoms with van der Waals surface area (Å²) in [6.45, 7) is 7.95. The first kappa shape index (κ1) is 16.1. The lowest BCUT2D eigenvalue weighted by Crippen LogP contribution is -2.38. The van der Waals surface area contributed by atoms with Crippen LogP contribution in [0.3, 0.4) is 0 Å². The molecule has 0 spiro atoms. The molecule has 110 valence electrons. The summed E-state index contributed by atoms with van der Waals surface area (Å²) in [7, 11) is -1.50. The zero-order valence-electron chi connectivity index (χ0n) is 12.3. The highest BCUT2D eigenvalue weighted by Crippen LogP contribution is 2.02. The van der Waals surface area contributed by atoms with Crippen molar-refractivity contribution in [2.24, 2.45) is 0 Å². The number of likely N-dealkylation sites (N-methyl/N-ethyl adjacent to an activating group) is 1. The molecule has 1 heterocycles. The van der Waals surface area contributed by atoms with E-state index in [9.17, 15) is 8.42 Å². The minimum atomic E-state index is -3.09. The minimum absolute atomic E-state index is 0.242. The average molecular weight is 288 g/mol. The Morgan fingerprint density at radius 1 is 1.47 bits per heavy atom. The average Bonchev–Trinajstić information content (AvgIpc) is 2.55. The summed E-state index contributed by atoms with van der Waals surface area (Å²) in [5, 5.41) is 7.71. The summed E-state index contributed by atoms with van der Waals surface area (Å²) in [6, 6.07) is 2.29. The van der Waals surface area contributed by atoms with Gasteiger partial charge in [0, 0.05) is 31.9 Å². The second-order valence-electron chi connectivity index (χ2n) is 5.05. The van der Waals surface area contributed by atoms with Gasteiger partial charge in [0.05, 0.1) is 18.5 Å². The Morgan fingerprint density at radius 3 is 2.58 bits per heavy atom. The SMILES string of the molecule is Cc1cc(C)n(C[C@@H](C)NCCN(C)S(C)(=O)=O)n1. The van der Waals surface area contributed by atoms with Crippen LogP contribution < -0.4 is 5.32 Å². The van der Waals surface area contributed by atoms with Crippen molar-refractivity contribution in [2.45, 2.75) is 33.4 Å². The largest absolute Gasteiger partial charge is 0.311 e. The maximum atomic E-state index is 11.2. The normalized spacial score (nSPS) is 14.0. The van der Waals surface area contributed by atoms with Gasteiger partial charge >= 0.3 is 0 Å². The van der Waals surface area contributed by atoms with E-state index in [-0.39, 0.29) is 6.04 Å². The van der Waals surface area contributed by atoms with Crippen LogP contribution in [-0.2, 0) is 16.6 Å². The van der Waals surface area contributed by atoms with E-state index in [1.54, 1.807) is 7.05 Å². The molecule has 0 unspecified atom stereocenters. The predicted molar refractivity (Wildman–Crippen MR) is 76.6 cm³/mol. The van der Waals surface area contributed by atoms with Crippen molar-refractivity contribution < 1.29 is 8.42 Å². The molecular weight excluding hydrogens is 264 g/mol. The molecule has 0 fully saturated rings. The third-order valence-electron chi connectivity index (χ3n) is 3.04. The summed E-state index contributed by atoms with van der Waals surface area (Å²) < 4.78 is 25.8. The maximum absolute atomic E-state index is 11.2. The predicted octanol–water partition coefficient (Wildman–Crippen LogP) is 0.369. The smallest absolute Gasteiger partial charge is 0.210 e. The fourth-order valence-electron chi connectivity index (χ4n) is 1.82. The van der Waals surface area contributed by atoms with E-state index in [1.807, 2.05) is 24.6 Å². The highest BCUT2D eigenvalue weighted by molar-refractivity contribution is 7.88. The Labute approximate surface area is 115 Å². The molecule has 0 aromatic carbocycles. The molecule has 0 bridgehead atoms. The molecule has 1 aromatic heterocycles. The number of nitrogens with zero attached hydrogens (tertiary/aromatic N) is 3. The van der Waals surface area contributed by atoms with Gasteiger partial charge in [-0.3, -0.25) is 4.68 Å². The number of aromatic nitrogens is 2. The van der Waals surface area contributed by atoms with Gasteiger partial charge in [0.1, 0.15) is 0 Å². The monoisotopic (exact) mass is 288 g/mol. The highest BCUT2D eigenvalue weighted by atomic mass is 32.2. The molecule has 7 heteroatoms. The quantitative estimate of drug-likeness (QED) is 0.787. The molecule has 0 aliphatic carbocycles. The van der Waals surface area contributed by atoms with Crippen molar-refractivity contribution >= 4 is 10.0 Å². The van der Waals surface area contributed by atoms with Crippen molar-refractivity contribution in [1.29, 1.82) is 0 Å². The van der Waals surface area contributed by atoms with Crippen molar-refractivity contribution in [3.05, 3.63) is 17.5 Å². The van der Waals surface area contributed by atoms with E-state index in [0.29, 0.717) is 13.1 Å². The van der Waals surface area contributed by atoms with Crippen LogP contribution >= 0.6 is 0 Å². The third-order valence-corrected chi connectivity index (χ3v) is 4.35. The zero-order valence-corrected chi connectivity index (χ0v) is 13.2. The van der Waals surface area contributed by atoms with Crippen LogP contribution in [0.2, 0.25) is 0 Å². The molecule has 0 saturated heterocycles. The number of rotatable bonds is 7. The summed E-state index contributed by atoms with van der Waals surface area (Å²) >= 11 is 0. The van der Waals surface area contributed by atoms with Crippen molar-refractivity contribution in [2.75, 3.05) is 26.4 Å². The first-order valence-electron chi connectivity index (χ1n) is 6.36. The highest BCUT2D eigenvalue weighted by Gasteiger charge is 2.11. The van der Waals surface area contributed by atoms with Crippen LogP contribution in [0.1, 0.15) is 18.3 Å².